The number of benzene rings is 2. The van der Waals surface area contributed by atoms with Crippen molar-refractivity contribution in [1.29, 1.82) is 5.26 Å². The van der Waals surface area contributed by atoms with E-state index in [2.05, 4.69) is 28.2 Å². The zero-order chi connectivity index (χ0) is 19.2. The molecule has 0 aliphatic rings. The van der Waals surface area contributed by atoms with Crippen LogP contribution in [0.15, 0.2) is 76.9 Å². The Hall–Kier alpha value is -3.10. The van der Waals surface area contributed by atoms with Gasteiger partial charge in [0.1, 0.15) is 11.6 Å². The molecule has 0 spiro atoms. The van der Waals surface area contributed by atoms with Crippen molar-refractivity contribution in [2.75, 3.05) is 5.32 Å². The van der Waals surface area contributed by atoms with Crippen molar-refractivity contribution < 1.29 is 4.79 Å². The fourth-order valence-electron chi connectivity index (χ4n) is 2.67. The predicted octanol–water partition coefficient (Wildman–Crippen LogP) is 5.35. The van der Waals surface area contributed by atoms with Crippen molar-refractivity contribution in [3.05, 3.63) is 88.2 Å². The summed E-state index contributed by atoms with van der Waals surface area (Å²) in [4.78, 5) is 12.5. The molecule has 2 aromatic carbocycles. The van der Waals surface area contributed by atoms with Gasteiger partial charge in [-0.05, 0) is 66.6 Å². The minimum Gasteiger partial charge on any atom is -0.321 e. The monoisotopic (exact) mass is 419 g/mol. The van der Waals surface area contributed by atoms with Gasteiger partial charge in [-0.15, -0.1) is 0 Å². The van der Waals surface area contributed by atoms with Gasteiger partial charge in [-0.1, -0.05) is 35.0 Å². The molecule has 5 heteroatoms. The highest BCUT2D eigenvalue weighted by atomic mass is 79.9. The van der Waals surface area contributed by atoms with Crippen molar-refractivity contribution in [2.24, 2.45) is 0 Å². The Bertz CT molecular complexity index is 1010. The van der Waals surface area contributed by atoms with E-state index in [4.69, 9.17) is 0 Å². The van der Waals surface area contributed by atoms with E-state index in [0.29, 0.717) is 5.69 Å². The summed E-state index contributed by atoms with van der Waals surface area (Å²) in [6, 6.07) is 21.2. The summed E-state index contributed by atoms with van der Waals surface area (Å²) in [5.74, 6) is -0.426. The Morgan fingerprint density at radius 2 is 1.85 bits per heavy atom. The molecule has 3 aromatic rings. The summed E-state index contributed by atoms with van der Waals surface area (Å²) in [6.07, 6.45) is 4.42. The van der Waals surface area contributed by atoms with E-state index in [0.717, 1.165) is 22.3 Å². The molecule has 1 aromatic heterocycles. The molecule has 4 nitrogen and oxygen atoms in total. The molecule has 134 valence electrons. The van der Waals surface area contributed by atoms with Crippen molar-refractivity contribution in [2.45, 2.75) is 13.3 Å². The average molecular weight is 420 g/mol. The minimum absolute atomic E-state index is 0.0478. The summed E-state index contributed by atoms with van der Waals surface area (Å²) in [5, 5.41) is 12.2. The van der Waals surface area contributed by atoms with Crippen LogP contribution < -0.4 is 5.32 Å². The number of aryl methyl sites for hydroxylation is 1. The lowest BCUT2D eigenvalue weighted by atomic mass is 10.1. The molecule has 3 rings (SSSR count). The topological polar surface area (TPSA) is 57.8 Å². The largest absolute Gasteiger partial charge is 0.321 e. The van der Waals surface area contributed by atoms with Crippen LogP contribution in [0.3, 0.4) is 0 Å². The highest BCUT2D eigenvalue weighted by Gasteiger charge is 2.11. The molecule has 0 atom stereocenters. The molecular formula is C22H18BrN3O. The molecule has 0 aliphatic carbocycles. The van der Waals surface area contributed by atoms with Gasteiger partial charge in [0.05, 0.1) is 0 Å². The van der Waals surface area contributed by atoms with E-state index in [1.54, 1.807) is 6.08 Å². The van der Waals surface area contributed by atoms with Crippen molar-refractivity contribution in [1.82, 2.24) is 4.57 Å². The van der Waals surface area contributed by atoms with Gasteiger partial charge in [-0.3, -0.25) is 4.79 Å². The number of carbonyl (C=O) groups is 1. The van der Waals surface area contributed by atoms with Gasteiger partial charge >= 0.3 is 0 Å². The maximum absolute atomic E-state index is 12.5. The first-order chi connectivity index (χ1) is 13.1. The number of nitrogens with one attached hydrogen (secondary N) is 1. The van der Waals surface area contributed by atoms with Crippen LogP contribution in [-0.2, 0) is 11.2 Å². The molecule has 1 N–H and O–H groups in total. The van der Waals surface area contributed by atoms with Crippen LogP contribution in [0.2, 0.25) is 0 Å². The first-order valence-corrected chi connectivity index (χ1v) is 9.35. The van der Waals surface area contributed by atoms with E-state index in [1.165, 1.54) is 5.56 Å². The Balaban J connectivity index is 1.84. The predicted molar refractivity (Wildman–Crippen MR) is 112 cm³/mol. The maximum atomic E-state index is 12.5. The summed E-state index contributed by atoms with van der Waals surface area (Å²) >= 11 is 3.42. The summed E-state index contributed by atoms with van der Waals surface area (Å²) in [6.45, 7) is 2.07. The molecule has 1 amide bonds. The molecule has 0 fully saturated rings. The number of aromatic nitrogens is 1. The zero-order valence-electron chi connectivity index (χ0n) is 14.8. The van der Waals surface area contributed by atoms with E-state index >= 15 is 0 Å². The Kier molecular flexibility index (Phi) is 5.90. The summed E-state index contributed by atoms with van der Waals surface area (Å²) in [7, 11) is 0. The standard InChI is InChI=1S/C22H18BrN3O/c1-2-16-5-9-19(10-6-16)25-22(27)17(15-24)14-21-4-3-13-26(21)20-11-7-18(23)8-12-20/h3-14H,2H2,1H3,(H,25,27)/b17-14-. The van der Waals surface area contributed by atoms with Gasteiger partial charge < -0.3 is 9.88 Å². The number of hydrogen-bond donors (Lipinski definition) is 1. The highest BCUT2D eigenvalue weighted by Crippen LogP contribution is 2.19. The smallest absolute Gasteiger partial charge is 0.266 e. The lowest BCUT2D eigenvalue weighted by Gasteiger charge is -2.08. The van der Waals surface area contributed by atoms with Gasteiger partial charge in [0.25, 0.3) is 5.91 Å². The molecule has 1 heterocycles. The third kappa shape index (κ3) is 4.55. The van der Waals surface area contributed by atoms with Crippen LogP contribution in [0, 0.1) is 11.3 Å². The average Bonchev–Trinajstić information content (AvgIpc) is 3.15. The molecule has 0 saturated carbocycles. The molecule has 0 bridgehead atoms. The third-order valence-corrected chi connectivity index (χ3v) is 4.69. The van der Waals surface area contributed by atoms with E-state index in [1.807, 2.05) is 77.5 Å². The number of hydrogen-bond acceptors (Lipinski definition) is 2. The SMILES string of the molecule is CCc1ccc(NC(=O)/C(C#N)=C\c2cccn2-c2ccc(Br)cc2)cc1. The van der Waals surface area contributed by atoms with Crippen LogP contribution in [0.25, 0.3) is 11.8 Å². The fourth-order valence-corrected chi connectivity index (χ4v) is 2.93. The van der Waals surface area contributed by atoms with Crippen molar-refractivity contribution in [3.8, 4) is 11.8 Å². The minimum atomic E-state index is -0.426. The number of amides is 1. The molecule has 0 aliphatic heterocycles. The highest BCUT2D eigenvalue weighted by molar-refractivity contribution is 9.10. The van der Waals surface area contributed by atoms with Crippen LogP contribution >= 0.6 is 15.9 Å². The number of rotatable bonds is 5. The Morgan fingerprint density at radius 1 is 1.15 bits per heavy atom. The Labute approximate surface area is 166 Å². The van der Waals surface area contributed by atoms with Crippen LogP contribution in [0.1, 0.15) is 18.2 Å². The second-order valence-electron chi connectivity index (χ2n) is 5.95. The normalized spacial score (nSPS) is 11.1. The fraction of sp³-hybridized carbons (Fsp3) is 0.0909. The van der Waals surface area contributed by atoms with Gasteiger partial charge in [0, 0.05) is 27.7 Å². The lowest BCUT2D eigenvalue weighted by molar-refractivity contribution is -0.112. The zero-order valence-corrected chi connectivity index (χ0v) is 16.4. The number of anilines is 1. The number of carbonyl (C=O) groups excluding carboxylic acids is 1. The second-order valence-corrected chi connectivity index (χ2v) is 6.87. The van der Waals surface area contributed by atoms with Gasteiger partial charge in [0.15, 0.2) is 0 Å². The molecule has 0 unspecified atom stereocenters. The second kappa shape index (κ2) is 8.52. The molecule has 27 heavy (non-hydrogen) atoms. The Morgan fingerprint density at radius 3 is 2.48 bits per heavy atom. The van der Waals surface area contributed by atoms with Crippen molar-refractivity contribution in [3.63, 3.8) is 0 Å². The number of nitriles is 1. The third-order valence-electron chi connectivity index (χ3n) is 4.16. The lowest BCUT2D eigenvalue weighted by Crippen LogP contribution is -2.13. The summed E-state index contributed by atoms with van der Waals surface area (Å²) in [5.41, 5.74) is 3.61. The van der Waals surface area contributed by atoms with Crippen LogP contribution in [0.4, 0.5) is 5.69 Å². The molecule has 0 radical (unpaired) electrons. The van der Waals surface area contributed by atoms with Gasteiger partial charge in [-0.25, -0.2) is 0 Å². The van der Waals surface area contributed by atoms with Crippen LogP contribution in [0.5, 0.6) is 0 Å². The van der Waals surface area contributed by atoms with Gasteiger partial charge in [-0.2, -0.15) is 5.26 Å². The first kappa shape index (κ1) is 18.7. The number of nitrogens with zero attached hydrogens (tertiary/aromatic N) is 2. The summed E-state index contributed by atoms with van der Waals surface area (Å²) < 4.78 is 2.91. The molecular weight excluding hydrogens is 402 g/mol. The van der Waals surface area contributed by atoms with E-state index < -0.39 is 5.91 Å². The van der Waals surface area contributed by atoms with Crippen molar-refractivity contribution >= 4 is 33.6 Å². The quantitative estimate of drug-likeness (QED) is 0.447. The first-order valence-electron chi connectivity index (χ1n) is 8.56. The number of halogens is 1. The van der Waals surface area contributed by atoms with Crippen LogP contribution in [-0.4, -0.2) is 10.5 Å². The maximum Gasteiger partial charge on any atom is 0.266 e. The molecule has 0 saturated heterocycles. The van der Waals surface area contributed by atoms with Gasteiger partial charge in [0.2, 0.25) is 0 Å². The van der Waals surface area contributed by atoms with E-state index in [-0.39, 0.29) is 5.57 Å². The van der Waals surface area contributed by atoms with E-state index in [9.17, 15) is 10.1 Å².